The molecular weight excluding hydrogens is 246 g/mol. The van der Waals surface area contributed by atoms with Gasteiger partial charge in [-0.05, 0) is 41.0 Å². The van der Waals surface area contributed by atoms with E-state index in [9.17, 15) is 4.79 Å². The number of nitrogens with two attached hydrogens (primary N) is 1. The van der Waals surface area contributed by atoms with Gasteiger partial charge in [0.05, 0.1) is 11.0 Å². The fourth-order valence-corrected chi connectivity index (χ4v) is 1.77. The Morgan fingerprint density at radius 3 is 2.22 bits per heavy atom. The maximum atomic E-state index is 12.2. The quantitative estimate of drug-likeness (QED) is 0.693. The molecule has 4 nitrogen and oxygen atoms in total. The fourth-order valence-electron chi connectivity index (χ4n) is 1.62. The molecular formula is C13H27N3OS. The number of carbonyl (C=O) groups is 1. The molecule has 5 heteroatoms. The van der Waals surface area contributed by atoms with Crippen molar-refractivity contribution >= 4 is 23.1 Å². The SMILES string of the molecule is CCC(C)(C)NC(=O)C(C)N(CC(N)=S)C(C)C. The highest BCUT2D eigenvalue weighted by Gasteiger charge is 2.27. The summed E-state index contributed by atoms with van der Waals surface area (Å²) >= 11 is 4.93. The lowest BCUT2D eigenvalue weighted by Gasteiger charge is -2.34. The third kappa shape index (κ3) is 5.78. The van der Waals surface area contributed by atoms with Gasteiger partial charge in [0.1, 0.15) is 0 Å². The molecule has 0 fully saturated rings. The van der Waals surface area contributed by atoms with E-state index in [4.69, 9.17) is 18.0 Å². The lowest BCUT2D eigenvalue weighted by Crippen LogP contribution is -2.54. The van der Waals surface area contributed by atoms with Gasteiger partial charge in [-0.3, -0.25) is 9.69 Å². The van der Waals surface area contributed by atoms with Crippen LogP contribution in [0.15, 0.2) is 0 Å². The minimum absolute atomic E-state index is 0.0202. The van der Waals surface area contributed by atoms with E-state index in [1.54, 1.807) is 0 Å². The number of rotatable bonds is 7. The molecule has 1 amide bonds. The van der Waals surface area contributed by atoms with Crippen molar-refractivity contribution in [1.29, 1.82) is 0 Å². The van der Waals surface area contributed by atoms with E-state index in [2.05, 4.69) is 12.2 Å². The average molecular weight is 273 g/mol. The van der Waals surface area contributed by atoms with E-state index in [0.29, 0.717) is 11.5 Å². The molecule has 0 aromatic heterocycles. The zero-order chi connectivity index (χ0) is 14.5. The molecule has 1 unspecified atom stereocenters. The van der Waals surface area contributed by atoms with Gasteiger partial charge in [-0.1, -0.05) is 19.1 Å². The topological polar surface area (TPSA) is 58.4 Å². The Balaban J connectivity index is 4.71. The molecule has 0 aliphatic heterocycles. The standard InChI is InChI=1S/C13H27N3OS/c1-7-13(5,6)15-12(17)10(4)16(9(2)3)8-11(14)18/h9-10H,7-8H2,1-6H3,(H2,14,18)(H,15,17). The van der Waals surface area contributed by atoms with Gasteiger partial charge in [0.25, 0.3) is 0 Å². The van der Waals surface area contributed by atoms with E-state index < -0.39 is 0 Å². The molecule has 0 saturated carbocycles. The summed E-state index contributed by atoms with van der Waals surface area (Å²) in [6, 6.07) is -0.0192. The predicted octanol–water partition coefficient (Wildman–Crippen LogP) is 1.68. The third-order valence-corrected chi connectivity index (χ3v) is 3.35. The Morgan fingerprint density at radius 1 is 1.39 bits per heavy atom. The predicted molar refractivity (Wildman–Crippen MR) is 80.6 cm³/mol. The Labute approximate surface area is 116 Å². The van der Waals surface area contributed by atoms with Crippen LogP contribution in [0.3, 0.4) is 0 Å². The second-order valence-corrected chi connectivity index (χ2v) is 6.16. The number of nitrogens with one attached hydrogen (secondary N) is 1. The van der Waals surface area contributed by atoms with Crippen LogP contribution in [0.4, 0.5) is 0 Å². The molecule has 3 N–H and O–H groups in total. The van der Waals surface area contributed by atoms with E-state index in [-0.39, 0.29) is 23.5 Å². The molecule has 0 aliphatic rings. The van der Waals surface area contributed by atoms with Gasteiger partial charge in [-0.25, -0.2) is 0 Å². The lowest BCUT2D eigenvalue weighted by molar-refractivity contribution is -0.127. The van der Waals surface area contributed by atoms with Crippen LogP contribution in [0.5, 0.6) is 0 Å². The number of carbonyl (C=O) groups excluding carboxylic acids is 1. The van der Waals surface area contributed by atoms with Crippen molar-refractivity contribution in [2.45, 2.75) is 65.6 Å². The van der Waals surface area contributed by atoms with Crippen molar-refractivity contribution in [2.75, 3.05) is 6.54 Å². The van der Waals surface area contributed by atoms with Crippen LogP contribution in [0, 0.1) is 0 Å². The third-order valence-electron chi connectivity index (χ3n) is 3.22. The summed E-state index contributed by atoms with van der Waals surface area (Å²) in [5.74, 6) is 0.0202. The first-order chi connectivity index (χ1) is 8.10. The highest BCUT2D eigenvalue weighted by molar-refractivity contribution is 7.80. The summed E-state index contributed by atoms with van der Waals surface area (Å²) in [4.78, 5) is 14.6. The molecule has 0 spiro atoms. The Hall–Kier alpha value is -0.680. The number of nitrogens with zero attached hydrogens (tertiary/aromatic N) is 1. The van der Waals surface area contributed by atoms with Crippen LogP contribution in [0.2, 0.25) is 0 Å². The number of amides is 1. The van der Waals surface area contributed by atoms with Crippen LogP contribution in [-0.4, -0.2) is 40.0 Å². The molecule has 106 valence electrons. The Morgan fingerprint density at radius 2 is 1.89 bits per heavy atom. The number of thiocarbonyl (C=S) groups is 1. The first kappa shape index (κ1) is 17.3. The average Bonchev–Trinajstić information content (AvgIpc) is 2.23. The summed E-state index contributed by atoms with van der Waals surface area (Å²) in [5, 5.41) is 3.05. The normalized spacial score (nSPS) is 13.8. The molecule has 0 radical (unpaired) electrons. The summed E-state index contributed by atoms with van der Waals surface area (Å²) in [5.41, 5.74) is 5.40. The van der Waals surface area contributed by atoms with Crippen molar-refractivity contribution in [1.82, 2.24) is 10.2 Å². The first-order valence-corrected chi connectivity index (χ1v) is 6.87. The van der Waals surface area contributed by atoms with Gasteiger partial charge in [0.2, 0.25) is 5.91 Å². The van der Waals surface area contributed by atoms with Crippen LogP contribution in [0.25, 0.3) is 0 Å². The number of hydrogen-bond acceptors (Lipinski definition) is 3. The highest BCUT2D eigenvalue weighted by Crippen LogP contribution is 2.10. The molecule has 0 aromatic rings. The Kier molecular flexibility index (Phi) is 6.78. The smallest absolute Gasteiger partial charge is 0.237 e. The van der Waals surface area contributed by atoms with Crippen molar-refractivity contribution < 1.29 is 4.79 Å². The van der Waals surface area contributed by atoms with Crippen LogP contribution in [0.1, 0.15) is 48.0 Å². The van der Waals surface area contributed by atoms with Gasteiger partial charge >= 0.3 is 0 Å². The zero-order valence-electron chi connectivity index (χ0n) is 12.4. The van der Waals surface area contributed by atoms with Crippen LogP contribution >= 0.6 is 12.2 Å². The van der Waals surface area contributed by atoms with Crippen LogP contribution < -0.4 is 11.1 Å². The molecule has 1 atom stereocenters. The van der Waals surface area contributed by atoms with Crippen molar-refractivity contribution in [3.8, 4) is 0 Å². The maximum Gasteiger partial charge on any atom is 0.237 e. The zero-order valence-corrected chi connectivity index (χ0v) is 13.2. The second kappa shape index (κ2) is 7.04. The second-order valence-electron chi connectivity index (χ2n) is 5.64. The fraction of sp³-hybridized carbons (Fsp3) is 0.846. The van der Waals surface area contributed by atoms with Gasteiger partial charge in [-0.15, -0.1) is 0 Å². The number of hydrogen-bond donors (Lipinski definition) is 2. The molecule has 18 heavy (non-hydrogen) atoms. The summed E-state index contributed by atoms with van der Waals surface area (Å²) in [6.45, 7) is 12.5. The molecule has 0 aliphatic carbocycles. The molecule has 0 rings (SSSR count). The molecule has 0 aromatic carbocycles. The largest absolute Gasteiger partial charge is 0.392 e. The monoisotopic (exact) mass is 273 g/mol. The molecule has 0 heterocycles. The molecule has 0 saturated heterocycles. The van der Waals surface area contributed by atoms with Gasteiger partial charge in [0, 0.05) is 18.1 Å². The maximum absolute atomic E-state index is 12.2. The summed E-state index contributed by atoms with van der Waals surface area (Å²) in [6.07, 6.45) is 0.891. The molecule has 0 bridgehead atoms. The minimum atomic E-state index is -0.239. The van der Waals surface area contributed by atoms with E-state index >= 15 is 0 Å². The van der Waals surface area contributed by atoms with Crippen LogP contribution in [-0.2, 0) is 4.79 Å². The van der Waals surface area contributed by atoms with Crippen molar-refractivity contribution in [3.05, 3.63) is 0 Å². The van der Waals surface area contributed by atoms with E-state index in [1.165, 1.54) is 0 Å². The first-order valence-electron chi connectivity index (χ1n) is 6.46. The summed E-state index contributed by atoms with van der Waals surface area (Å²) < 4.78 is 0. The van der Waals surface area contributed by atoms with Gasteiger partial charge < -0.3 is 11.1 Å². The van der Waals surface area contributed by atoms with Crippen molar-refractivity contribution in [3.63, 3.8) is 0 Å². The van der Waals surface area contributed by atoms with Crippen molar-refractivity contribution in [2.24, 2.45) is 5.73 Å². The van der Waals surface area contributed by atoms with Gasteiger partial charge in [-0.2, -0.15) is 0 Å². The lowest BCUT2D eigenvalue weighted by atomic mass is 10.0. The summed E-state index contributed by atoms with van der Waals surface area (Å²) in [7, 11) is 0. The van der Waals surface area contributed by atoms with E-state index in [1.807, 2.05) is 39.5 Å². The Bertz CT molecular complexity index is 303. The van der Waals surface area contributed by atoms with E-state index in [0.717, 1.165) is 6.42 Å². The highest BCUT2D eigenvalue weighted by atomic mass is 32.1. The minimum Gasteiger partial charge on any atom is -0.392 e. The van der Waals surface area contributed by atoms with Gasteiger partial charge in [0.15, 0.2) is 0 Å².